The summed E-state index contributed by atoms with van der Waals surface area (Å²) >= 11 is 9.01. The number of nitrogens with two attached hydrogens (primary N) is 1. The lowest BCUT2D eigenvalue weighted by Crippen LogP contribution is -2.40. The van der Waals surface area contributed by atoms with Gasteiger partial charge < -0.3 is 10.6 Å². The van der Waals surface area contributed by atoms with Gasteiger partial charge in [0.1, 0.15) is 0 Å². The molecule has 0 radical (unpaired) electrons. The lowest BCUT2D eigenvalue weighted by molar-refractivity contribution is 0.329. The fourth-order valence-electron chi connectivity index (χ4n) is 1.67. The molecular weight excluding hydrogens is 280 g/mol. The summed E-state index contributed by atoms with van der Waals surface area (Å²) in [5.41, 5.74) is 5.65. The zero-order valence-corrected chi connectivity index (χ0v) is 13.1. The van der Waals surface area contributed by atoms with Crippen LogP contribution in [0.4, 0.5) is 0 Å². The van der Waals surface area contributed by atoms with Crippen LogP contribution in [-0.2, 0) is 0 Å². The first kappa shape index (κ1) is 13.0. The molecule has 7 heteroatoms. The van der Waals surface area contributed by atoms with E-state index in [1.54, 1.807) is 0 Å². The van der Waals surface area contributed by atoms with Crippen LogP contribution in [-0.4, -0.2) is 58.8 Å². The van der Waals surface area contributed by atoms with Gasteiger partial charge in [0.2, 0.25) is 0 Å². The summed E-state index contributed by atoms with van der Waals surface area (Å²) in [6.45, 7) is 4.77. The summed E-state index contributed by atoms with van der Waals surface area (Å²) in [5.74, 6) is 5.17. The number of rotatable bonds is 3. The van der Waals surface area contributed by atoms with E-state index >= 15 is 0 Å². The minimum Gasteiger partial charge on any atom is -0.330 e. The maximum absolute atomic E-state index is 5.65. The Balaban J connectivity index is 1.98. The molecule has 15 heavy (non-hydrogen) atoms. The molecule has 2 nitrogen and oxygen atoms in total. The number of nitrogens with zero attached hydrogens (tertiary/aromatic N) is 1. The zero-order valence-electron chi connectivity index (χ0n) is 8.81. The van der Waals surface area contributed by atoms with Gasteiger partial charge in [-0.25, -0.2) is 0 Å². The highest BCUT2D eigenvalue weighted by atomic mass is 32.9. The third-order valence-electron chi connectivity index (χ3n) is 2.46. The Bertz CT molecular complexity index is 175. The second-order valence-corrected chi connectivity index (χ2v) is 22.8. The van der Waals surface area contributed by atoms with Crippen molar-refractivity contribution < 1.29 is 0 Å². The summed E-state index contributed by atoms with van der Waals surface area (Å²) in [5, 5.41) is 0. The Morgan fingerprint density at radius 1 is 1.07 bits per heavy atom. The first-order valence-corrected chi connectivity index (χ1v) is 14.2. The Kier molecular flexibility index (Phi) is 5.59. The number of hydrogen-bond acceptors (Lipinski definition) is 6. The standard InChI is InChI=1S/C8H18N2S4Si/c9-1-5-11-15-12-6-2-10(3-7-13-15)4-8-14-15/h1-9H2. The van der Waals surface area contributed by atoms with E-state index in [1.165, 1.54) is 36.9 Å². The molecule has 3 saturated heterocycles. The van der Waals surface area contributed by atoms with E-state index < -0.39 is 4.67 Å². The maximum Gasteiger partial charge on any atom is 0.300 e. The van der Waals surface area contributed by atoms with Crippen molar-refractivity contribution in [2.45, 2.75) is 0 Å². The average molecular weight is 299 g/mol. The molecule has 2 N–H and O–H groups in total. The van der Waals surface area contributed by atoms with Crippen LogP contribution in [0.2, 0.25) is 0 Å². The quantitative estimate of drug-likeness (QED) is 0.797. The van der Waals surface area contributed by atoms with E-state index in [0.717, 1.165) is 12.3 Å². The van der Waals surface area contributed by atoms with E-state index in [4.69, 9.17) is 5.73 Å². The van der Waals surface area contributed by atoms with E-state index in [2.05, 4.69) is 49.7 Å². The Labute approximate surface area is 109 Å². The van der Waals surface area contributed by atoms with Gasteiger partial charge in [-0.1, -0.05) is 0 Å². The molecule has 88 valence electrons. The highest BCUT2D eigenvalue weighted by molar-refractivity contribution is 8.99. The molecule has 0 aromatic carbocycles. The van der Waals surface area contributed by atoms with E-state index in [9.17, 15) is 0 Å². The van der Waals surface area contributed by atoms with Gasteiger partial charge >= 0.3 is 4.67 Å². The third kappa shape index (κ3) is 3.75. The van der Waals surface area contributed by atoms with Crippen LogP contribution < -0.4 is 5.73 Å². The molecule has 3 aliphatic rings. The van der Waals surface area contributed by atoms with E-state index in [0.29, 0.717) is 0 Å². The molecule has 0 spiro atoms. The minimum atomic E-state index is -1.19. The average Bonchev–Trinajstić information content (AvgIpc) is 2.14. The normalized spacial score (nSPS) is 37.0. The zero-order chi connectivity index (χ0) is 10.6. The fourth-order valence-corrected chi connectivity index (χ4v) is 23.5. The van der Waals surface area contributed by atoms with Gasteiger partial charge in [0, 0.05) is 49.2 Å². The summed E-state index contributed by atoms with van der Waals surface area (Å²) in [7, 11) is 0. The predicted octanol–water partition coefficient (Wildman–Crippen LogP) is 1.64. The Morgan fingerprint density at radius 2 is 1.60 bits per heavy atom. The largest absolute Gasteiger partial charge is 0.330 e. The van der Waals surface area contributed by atoms with Crippen LogP contribution in [0.1, 0.15) is 0 Å². The topological polar surface area (TPSA) is 29.3 Å². The summed E-state index contributed by atoms with van der Waals surface area (Å²) in [6, 6.07) is 0. The molecule has 0 amide bonds. The maximum atomic E-state index is 5.65. The molecular formula is C8H18N2S4Si. The van der Waals surface area contributed by atoms with Crippen molar-refractivity contribution in [3.8, 4) is 0 Å². The molecule has 3 aliphatic heterocycles. The van der Waals surface area contributed by atoms with Crippen molar-refractivity contribution in [3.05, 3.63) is 0 Å². The number of hydrogen-bond donors (Lipinski definition) is 1. The minimum absolute atomic E-state index is 0.840. The van der Waals surface area contributed by atoms with Crippen LogP contribution in [0.15, 0.2) is 0 Å². The lowest BCUT2D eigenvalue weighted by Gasteiger charge is -2.37. The van der Waals surface area contributed by atoms with Gasteiger partial charge in [-0.05, 0) is 0 Å². The van der Waals surface area contributed by atoms with Crippen molar-refractivity contribution in [1.82, 2.24) is 4.90 Å². The van der Waals surface area contributed by atoms with Gasteiger partial charge in [-0.2, -0.15) is 44.8 Å². The van der Waals surface area contributed by atoms with Crippen LogP contribution in [0.3, 0.4) is 0 Å². The van der Waals surface area contributed by atoms with Gasteiger partial charge in [-0.3, -0.25) is 0 Å². The van der Waals surface area contributed by atoms with Crippen molar-refractivity contribution in [2.75, 3.05) is 49.2 Å². The van der Waals surface area contributed by atoms with Crippen LogP contribution in [0, 0.1) is 0 Å². The van der Waals surface area contributed by atoms with Gasteiger partial charge in [0.15, 0.2) is 0 Å². The molecule has 0 aromatic rings. The molecule has 3 fully saturated rings. The fraction of sp³-hybridized carbons (Fsp3) is 1.00. The van der Waals surface area contributed by atoms with Crippen LogP contribution in [0.5, 0.6) is 0 Å². The Hall–Kier alpha value is 1.54. The smallest absolute Gasteiger partial charge is 0.300 e. The molecule has 2 bridgehead atoms. The van der Waals surface area contributed by atoms with Crippen molar-refractivity contribution >= 4 is 49.5 Å². The van der Waals surface area contributed by atoms with Crippen molar-refractivity contribution in [1.29, 1.82) is 0 Å². The SMILES string of the molecule is NCCS[Si]12SCCN(CCS1)CCS2. The second kappa shape index (κ2) is 6.46. The molecule has 3 heterocycles. The molecule has 0 aliphatic carbocycles. The number of fused-ring (bicyclic) bond motifs is 6. The Morgan fingerprint density at radius 3 is 2.07 bits per heavy atom. The lowest BCUT2D eigenvalue weighted by atomic mass is 10.5. The molecule has 3 rings (SSSR count). The summed E-state index contributed by atoms with van der Waals surface area (Å²) in [6.07, 6.45) is 0. The third-order valence-corrected chi connectivity index (χ3v) is 24.9. The summed E-state index contributed by atoms with van der Waals surface area (Å²) < 4.78 is -1.19. The van der Waals surface area contributed by atoms with Crippen LogP contribution in [0.25, 0.3) is 0 Å². The highest BCUT2D eigenvalue weighted by Crippen LogP contribution is 2.51. The predicted molar refractivity (Wildman–Crippen MR) is 81.1 cm³/mol. The highest BCUT2D eigenvalue weighted by Gasteiger charge is 2.39. The van der Waals surface area contributed by atoms with Gasteiger partial charge in [0.05, 0.1) is 0 Å². The first-order valence-electron chi connectivity index (χ1n) is 5.33. The van der Waals surface area contributed by atoms with E-state index in [-0.39, 0.29) is 0 Å². The van der Waals surface area contributed by atoms with Crippen LogP contribution >= 0.6 is 44.8 Å². The van der Waals surface area contributed by atoms with Crippen molar-refractivity contribution in [3.63, 3.8) is 0 Å². The molecule has 0 unspecified atom stereocenters. The molecule has 0 saturated carbocycles. The molecule has 0 aromatic heterocycles. The van der Waals surface area contributed by atoms with Gasteiger partial charge in [-0.15, -0.1) is 0 Å². The van der Waals surface area contributed by atoms with Crippen molar-refractivity contribution in [2.24, 2.45) is 5.73 Å². The second-order valence-electron chi connectivity index (χ2n) is 3.52. The van der Waals surface area contributed by atoms with Gasteiger partial charge in [0.25, 0.3) is 0 Å². The van der Waals surface area contributed by atoms with E-state index in [1.807, 2.05) is 0 Å². The molecule has 0 atom stereocenters. The summed E-state index contributed by atoms with van der Waals surface area (Å²) in [4.78, 5) is 2.62. The monoisotopic (exact) mass is 298 g/mol. The first-order chi connectivity index (χ1) is 7.35.